The Bertz CT molecular complexity index is 839. The molecule has 4 rings (SSSR count). The SMILES string of the molecule is O=C(Nc1ccc(-c2nccs2)cc1)c1ccc(C2SCCS2)cc1. The summed E-state index contributed by atoms with van der Waals surface area (Å²) in [6.07, 6.45) is 1.79. The molecule has 1 aromatic heterocycles. The monoisotopic (exact) mass is 384 g/mol. The Morgan fingerprint density at radius 2 is 1.72 bits per heavy atom. The first-order valence-corrected chi connectivity index (χ1v) is 10.9. The molecule has 25 heavy (non-hydrogen) atoms. The maximum atomic E-state index is 12.4. The minimum atomic E-state index is -0.0831. The number of hydrogen-bond donors (Lipinski definition) is 1. The van der Waals surface area contributed by atoms with Gasteiger partial charge in [0.1, 0.15) is 5.01 Å². The maximum absolute atomic E-state index is 12.4. The zero-order valence-corrected chi connectivity index (χ0v) is 15.8. The topological polar surface area (TPSA) is 42.0 Å². The van der Waals surface area contributed by atoms with Crippen molar-refractivity contribution >= 4 is 46.5 Å². The number of anilines is 1. The van der Waals surface area contributed by atoms with Gasteiger partial charge in [0.2, 0.25) is 0 Å². The molecule has 1 N–H and O–H groups in total. The summed E-state index contributed by atoms with van der Waals surface area (Å²) in [6.45, 7) is 0. The van der Waals surface area contributed by atoms with Crippen LogP contribution in [0, 0.1) is 0 Å². The fourth-order valence-corrected chi connectivity index (χ4v) is 6.11. The molecule has 0 unspecified atom stereocenters. The van der Waals surface area contributed by atoms with Gasteiger partial charge in [0, 0.05) is 39.9 Å². The predicted octanol–water partition coefficient (Wildman–Crippen LogP) is 5.54. The number of carbonyl (C=O) groups is 1. The Balaban J connectivity index is 1.42. The van der Waals surface area contributed by atoms with E-state index in [1.807, 2.05) is 65.3 Å². The van der Waals surface area contributed by atoms with Crippen LogP contribution in [0.3, 0.4) is 0 Å². The molecule has 0 aliphatic carbocycles. The van der Waals surface area contributed by atoms with Gasteiger partial charge < -0.3 is 5.32 Å². The molecule has 2 aromatic carbocycles. The minimum Gasteiger partial charge on any atom is -0.322 e. The van der Waals surface area contributed by atoms with Gasteiger partial charge >= 0.3 is 0 Å². The average Bonchev–Trinajstić information content (AvgIpc) is 3.36. The fraction of sp³-hybridized carbons (Fsp3) is 0.158. The van der Waals surface area contributed by atoms with Crippen molar-refractivity contribution in [3.05, 3.63) is 71.2 Å². The summed E-state index contributed by atoms with van der Waals surface area (Å²) in [7, 11) is 0. The van der Waals surface area contributed by atoms with Crippen molar-refractivity contribution in [2.75, 3.05) is 16.8 Å². The maximum Gasteiger partial charge on any atom is 0.255 e. The average molecular weight is 385 g/mol. The molecule has 0 atom stereocenters. The Hall–Kier alpha value is -1.76. The van der Waals surface area contributed by atoms with Gasteiger partial charge in [-0.25, -0.2) is 4.98 Å². The number of thiazole rings is 1. The fourth-order valence-electron chi connectivity index (χ4n) is 2.61. The van der Waals surface area contributed by atoms with Gasteiger partial charge in [-0.3, -0.25) is 4.79 Å². The molecule has 1 fully saturated rings. The zero-order valence-electron chi connectivity index (χ0n) is 13.3. The van der Waals surface area contributed by atoms with E-state index in [9.17, 15) is 4.79 Å². The molecule has 1 aliphatic heterocycles. The van der Waals surface area contributed by atoms with E-state index in [4.69, 9.17) is 0 Å². The van der Waals surface area contributed by atoms with E-state index in [0.29, 0.717) is 10.1 Å². The molecule has 0 spiro atoms. The van der Waals surface area contributed by atoms with Gasteiger partial charge in [-0.15, -0.1) is 34.9 Å². The highest BCUT2D eigenvalue weighted by Crippen LogP contribution is 2.45. The molecule has 2 heterocycles. The van der Waals surface area contributed by atoms with Crippen molar-refractivity contribution in [3.8, 4) is 10.6 Å². The van der Waals surface area contributed by atoms with Crippen molar-refractivity contribution in [2.45, 2.75) is 4.58 Å². The lowest BCUT2D eigenvalue weighted by molar-refractivity contribution is 0.102. The number of carbonyl (C=O) groups excluding carboxylic acids is 1. The Kier molecular flexibility index (Phi) is 5.10. The van der Waals surface area contributed by atoms with E-state index in [1.165, 1.54) is 17.1 Å². The van der Waals surface area contributed by atoms with Crippen molar-refractivity contribution in [3.63, 3.8) is 0 Å². The molecular formula is C19H16N2OS3. The van der Waals surface area contributed by atoms with Crippen molar-refractivity contribution < 1.29 is 4.79 Å². The normalized spacial score (nSPS) is 14.6. The number of rotatable bonds is 4. The minimum absolute atomic E-state index is 0.0831. The van der Waals surface area contributed by atoms with E-state index in [-0.39, 0.29) is 5.91 Å². The molecule has 1 saturated heterocycles. The first-order chi connectivity index (χ1) is 12.3. The van der Waals surface area contributed by atoms with Gasteiger partial charge in [-0.1, -0.05) is 12.1 Å². The van der Waals surface area contributed by atoms with E-state index in [0.717, 1.165) is 16.3 Å². The molecule has 1 amide bonds. The highest BCUT2D eigenvalue weighted by Gasteiger charge is 2.18. The van der Waals surface area contributed by atoms with Gasteiger partial charge in [-0.2, -0.15) is 0 Å². The Morgan fingerprint density at radius 1 is 1.00 bits per heavy atom. The smallest absolute Gasteiger partial charge is 0.255 e. The first kappa shape index (κ1) is 16.7. The summed E-state index contributed by atoms with van der Waals surface area (Å²) >= 11 is 5.54. The summed E-state index contributed by atoms with van der Waals surface area (Å²) in [6, 6.07) is 15.7. The third kappa shape index (κ3) is 3.92. The molecular weight excluding hydrogens is 368 g/mol. The number of nitrogens with one attached hydrogen (secondary N) is 1. The summed E-state index contributed by atoms with van der Waals surface area (Å²) in [5, 5.41) is 5.89. The van der Waals surface area contributed by atoms with E-state index >= 15 is 0 Å². The molecule has 1 aliphatic rings. The lowest BCUT2D eigenvalue weighted by Crippen LogP contribution is -2.11. The second kappa shape index (κ2) is 7.64. The first-order valence-electron chi connectivity index (χ1n) is 7.94. The predicted molar refractivity (Wildman–Crippen MR) is 110 cm³/mol. The van der Waals surface area contributed by atoms with Crippen molar-refractivity contribution in [2.24, 2.45) is 0 Å². The number of amides is 1. The zero-order chi connectivity index (χ0) is 17.1. The second-order valence-corrected chi connectivity index (χ2v) is 9.18. The van der Waals surface area contributed by atoms with Crippen molar-refractivity contribution in [1.29, 1.82) is 0 Å². The van der Waals surface area contributed by atoms with Crippen LogP contribution in [0.15, 0.2) is 60.1 Å². The largest absolute Gasteiger partial charge is 0.322 e. The van der Waals surface area contributed by atoms with Crippen LogP contribution in [-0.2, 0) is 0 Å². The molecule has 6 heteroatoms. The Morgan fingerprint density at radius 3 is 2.36 bits per heavy atom. The number of aromatic nitrogens is 1. The van der Waals surface area contributed by atoms with Gasteiger partial charge in [0.15, 0.2) is 0 Å². The quantitative estimate of drug-likeness (QED) is 0.641. The van der Waals surface area contributed by atoms with Gasteiger partial charge in [0.05, 0.1) is 4.58 Å². The lowest BCUT2D eigenvalue weighted by Gasteiger charge is -2.10. The molecule has 0 bridgehead atoms. The van der Waals surface area contributed by atoms with Crippen LogP contribution in [-0.4, -0.2) is 22.4 Å². The molecule has 126 valence electrons. The van der Waals surface area contributed by atoms with Crippen molar-refractivity contribution in [1.82, 2.24) is 4.98 Å². The van der Waals surface area contributed by atoms with Gasteiger partial charge in [0.25, 0.3) is 5.91 Å². The van der Waals surface area contributed by atoms with Crippen LogP contribution < -0.4 is 5.32 Å². The van der Waals surface area contributed by atoms with E-state index < -0.39 is 0 Å². The summed E-state index contributed by atoms with van der Waals surface area (Å²) in [4.78, 5) is 16.7. The number of benzene rings is 2. The van der Waals surface area contributed by atoms with Crippen LogP contribution in [0.4, 0.5) is 5.69 Å². The molecule has 0 saturated carbocycles. The summed E-state index contributed by atoms with van der Waals surface area (Å²) in [5.41, 5.74) is 3.82. The lowest BCUT2D eigenvalue weighted by atomic mass is 10.1. The third-order valence-electron chi connectivity index (χ3n) is 3.89. The van der Waals surface area contributed by atoms with Crippen LogP contribution in [0.25, 0.3) is 10.6 Å². The van der Waals surface area contributed by atoms with E-state index in [2.05, 4.69) is 22.4 Å². The third-order valence-corrected chi connectivity index (χ3v) is 7.82. The Labute approximate surface area is 159 Å². The van der Waals surface area contributed by atoms with Crippen LogP contribution in [0.1, 0.15) is 20.5 Å². The molecule has 3 aromatic rings. The standard InChI is InChI=1S/C19H16N2OS3/c22-17(13-1-3-15(4-2-13)19-24-11-12-25-19)21-16-7-5-14(6-8-16)18-20-9-10-23-18/h1-10,19H,11-12H2,(H,21,22). The van der Waals surface area contributed by atoms with Gasteiger partial charge in [-0.05, 0) is 42.0 Å². The van der Waals surface area contributed by atoms with Crippen LogP contribution in [0.2, 0.25) is 0 Å². The number of nitrogens with zero attached hydrogens (tertiary/aromatic N) is 1. The summed E-state index contributed by atoms with van der Waals surface area (Å²) < 4.78 is 0.510. The molecule has 3 nitrogen and oxygen atoms in total. The van der Waals surface area contributed by atoms with Crippen LogP contribution in [0.5, 0.6) is 0 Å². The highest BCUT2D eigenvalue weighted by atomic mass is 32.2. The second-order valence-electron chi connectivity index (χ2n) is 5.56. The summed E-state index contributed by atoms with van der Waals surface area (Å²) in [5.74, 6) is 2.32. The number of hydrogen-bond acceptors (Lipinski definition) is 5. The molecule has 0 radical (unpaired) electrons. The number of thioether (sulfide) groups is 2. The highest BCUT2D eigenvalue weighted by molar-refractivity contribution is 8.19. The van der Waals surface area contributed by atoms with Crippen LogP contribution >= 0.6 is 34.9 Å². The van der Waals surface area contributed by atoms with E-state index in [1.54, 1.807) is 17.5 Å².